The SMILES string of the molecule is Cc1cc(C)c(N=C(c2cc(C(F)(F)F)cc(C(F)(F)F)c2)N2CCCN(C(=Nc3c(C(C)C)cccc3C(C)C)c3ccccc3)C2C)c(Cl)c1. The van der Waals surface area contributed by atoms with Crippen LogP contribution in [0.4, 0.5) is 37.7 Å². The Balaban J connectivity index is 1.76. The number of nitrogens with zero attached hydrogens (tertiary/aromatic N) is 4. The van der Waals surface area contributed by atoms with Gasteiger partial charge in [0.05, 0.1) is 27.5 Å². The van der Waals surface area contributed by atoms with E-state index in [1.807, 2.05) is 56.3 Å². The van der Waals surface area contributed by atoms with Crippen molar-refractivity contribution in [3.63, 3.8) is 0 Å². The summed E-state index contributed by atoms with van der Waals surface area (Å²) in [5, 5.41) is 0.234. The molecular formula is C41H43ClF6N4. The molecule has 4 aromatic rings. The molecule has 1 fully saturated rings. The molecule has 4 nitrogen and oxygen atoms in total. The van der Waals surface area contributed by atoms with Gasteiger partial charge in [-0.25, -0.2) is 9.98 Å². The fourth-order valence-electron chi connectivity index (χ4n) is 6.68. The Bertz CT molecular complexity index is 1880. The first-order chi connectivity index (χ1) is 24.4. The van der Waals surface area contributed by atoms with Crippen LogP contribution in [0.25, 0.3) is 0 Å². The highest BCUT2D eigenvalue weighted by atomic mass is 35.5. The van der Waals surface area contributed by atoms with Gasteiger partial charge in [-0.1, -0.05) is 93.9 Å². The van der Waals surface area contributed by atoms with Gasteiger partial charge in [-0.05, 0) is 85.5 Å². The maximum Gasteiger partial charge on any atom is 0.416 e. The van der Waals surface area contributed by atoms with E-state index in [4.69, 9.17) is 21.6 Å². The lowest BCUT2D eigenvalue weighted by Crippen LogP contribution is -2.56. The molecule has 1 saturated heterocycles. The molecule has 1 aliphatic rings. The lowest BCUT2D eigenvalue weighted by atomic mass is 9.93. The predicted octanol–water partition coefficient (Wildman–Crippen LogP) is 12.5. The van der Waals surface area contributed by atoms with Crippen LogP contribution in [0.1, 0.15) is 97.4 Å². The summed E-state index contributed by atoms with van der Waals surface area (Å²) in [6.07, 6.45) is -10.2. The molecule has 0 amide bonds. The fraction of sp³-hybridized carbons (Fsp3) is 0.366. The molecule has 52 heavy (non-hydrogen) atoms. The summed E-state index contributed by atoms with van der Waals surface area (Å²) >= 11 is 6.66. The lowest BCUT2D eigenvalue weighted by Gasteiger charge is -2.45. The van der Waals surface area contributed by atoms with Gasteiger partial charge < -0.3 is 9.80 Å². The molecule has 1 heterocycles. The largest absolute Gasteiger partial charge is 0.416 e. The van der Waals surface area contributed by atoms with Gasteiger partial charge in [0, 0.05) is 24.2 Å². The van der Waals surface area contributed by atoms with Crippen LogP contribution in [0.15, 0.2) is 88.8 Å². The van der Waals surface area contributed by atoms with Crippen LogP contribution >= 0.6 is 11.6 Å². The average Bonchev–Trinajstić information content (AvgIpc) is 3.06. The van der Waals surface area contributed by atoms with Gasteiger partial charge in [-0.2, -0.15) is 26.3 Å². The van der Waals surface area contributed by atoms with Gasteiger partial charge in [-0.3, -0.25) is 0 Å². The molecule has 0 N–H and O–H groups in total. The van der Waals surface area contributed by atoms with Crippen molar-refractivity contribution in [3.8, 4) is 0 Å². The number of alkyl halides is 6. The number of aryl methyl sites for hydroxylation is 2. The van der Waals surface area contributed by atoms with Crippen LogP contribution in [0.2, 0.25) is 5.02 Å². The minimum atomic E-state index is -5.04. The van der Waals surface area contributed by atoms with E-state index in [2.05, 4.69) is 44.7 Å². The van der Waals surface area contributed by atoms with E-state index in [-0.39, 0.29) is 40.0 Å². The van der Waals surface area contributed by atoms with Crippen molar-refractivity contribution in [1.82, 2.24) is 9.80 Å². The Morgan fingerprint density at radius 2 is 1.17 bits per heavy atom. The Morgan fingerprint density at radius 3 is 1.65 bits per heavy atom. The maximum atomic E-state index is 14.2. The summed E-state index contributed by atoms with van der Waals surface area (Å²) in [5.41, 5.74) is 2.37. The van der Waals surface area contributed by atoms with Crippen LogP contribution in [0.3, 0.4) is 0 Å². The summed E-state index contributed by atoms with van der Waals surface area (Å²) in [5.74, 6) is 0.904. The molecule has 4 aromatic carbocycles. The maximum absolute atomic E-state index is 14.2. The fourth-order valence-corrected chi connectivity index (χ4v) is 7.05. The van der Waals surface area contributed by atoms with Crippen molar-refractivity contribution >= 4 is 34.6 Å². The molecule has 0 bridgehead atoms. The third-order valence-corrected chi connectivity index (χ3v) is 9.59. The van der Waals surface area contributed by atoms with Gasteiger partial charge in [0.1, 0.15) is 17.8 Å². The molecule has 0 aromatic heterocycles. The lowest BCUT2D eigenvalue weighted by molar-refractivity contribution is -0.143. The normalized spacial score (nSPS) is 16.3. The van der Waals surface area contributed by atoms with E-state index < -0.39 is 29.6 Å². The highest BCUT2D eigenvalue weighted by Crippen LogP contribution is 2.40. The second-order valence-corrected chi connectivity index (χ2v) is 14.3. The number of halogens is 7. The van der Waals surface area contributed by atoms with Gasteiger partial charge in [0.15, 0.2) is 0 Å². The first kappa shape index (κ1) is 38.9. The minimum Gasteiger partial charge on any atom is -0.336 e. The number of aliphatic imine (C=N–C) groups is 2. The zero-order valence-electron chi connectivity index (χ0n) is 30.3. The molecule has 0 radical (unpaired) electrons. The summed E-state index contributed by atoms with van der Waals surface area (Å²) in [6, 6.07) is 20.9. The van der Waals surface area contributed by atoms with Crippen molar-refractivity contribution in [1.29, 1.82) is 0 Å². The van der Waals surface area contributed by atoms with E-state index >= 15 is 0 Å². The molecule has 276 valence electrons. The van der Waals surface area contributed by atoms with Crippen LogP contribution in [-0.4, -0.2) is 40.7 Å². The first-order valence-corrected chi connectivity index (χ1v) is 17.7. The minimum absolute atomic E-state index is 0.0551. The number of amidine groups is 2. The Labute approximate surface area is 306 Å². The average molecular weight is 741 g/mol. The number of rotatable bonds is 6. The molecule has 0 aliphatic carbocycles. The topological polar surface area (TPSA) is 31.2 Å². The molecule has 5 rings (SSSR count). The van der Waals surface area contributed by atoms with E-state index in [0.29, 0.717) is 30.9 Å². The predicted molar refractivity (Wildman–Crippen MR) is 198 cm³/mol. The zero-order chi connectivity index (χ0) is 38.1. The van der Waals surface area contributed by atoms with Crippen molar-refractivity contribution in [2.45, 2.75) is 85.2 Å². The number of hydrogen-bond acceptors (Lipinski definition) is 2. The van der Waals surface area contributed by atoms with E-state index in [1.54, 1.807) is 17.9 Å². The van der Waals surface area contributed by atoms with Gasteiger partial charge >= 0.3 is 12.4 Å². The third kappa shape index (κ3) is 8.49. The highest BCUT2D eigenvalue weighted by Gasteiger charge is 2.39. The summed E-state index contributed by atoms with van der Waals surface area (Å²) < 4.78 is 85.2. The Kier molecular flexibility index (Phi) is 11.5. The Hall–Kier alpha value is -4.31. The number of benzene rings is 4. The van der Waals surface area contributed by atoms with Crippen molar-refractivity contribution < 1.29 is 26.3 Å². The smallest absolute Gasteiger partial charge is 0.336 e. The Morgan fingerprint density at radius 1 is 0.673 bits per heavy atom. The van der Waals surface area contributed by atoms with Crippen LogP contribution in [0, 0.1) is 13.8 Å². The van der Waals surface area contributed by atoms with E-state index in [0.717, 1.165) is 40.1 Å². The van der Waals surface area contributed by atoms with E-state index in [1.165, 1.54) is 0 Å². The molecule has 1 unspecified atom stereocenters. The summed E-state index contributed by atoms with van der Waals surface area (Å²) in [4.78, 5) is 14.0. The quantitative estimate of drug-likeness (QED) is 0.112. The molecule has 11 heteroatoms. The molecule has 0 spiro atoms. The summed E-state index contributed by atoms with van der Waals surface area (Å²) in [6.45, 7) is 14.7. The first-order valence-electron chi connectivity index (χ1n) is 17.3. The highest BCUT2D eigenvalue weighted by molar-refractivity contribution is 6.33. The molecule has 1 atom stereocenters. The second-order valence-electron chi connectivity index (χ2n) is 13.9. The van der Waals surface area contributed by atoms with Crippen molar-refractivity contribution in [3.05, 3.63) is 128 Å². The summed E-state index contributed by atoms with van der Waals surface area (Å²) in [7, 11) is 0. The van der Waals surface area contributed by atoms with E-state index in [9.17, 15) is 26.3 Å². The number of hydrogen-bond donors (Lipinski definition) is 0. The molecular weight excluding hydrogens is 698 g/mol. The second kappa shape index (κ2) is 15.3. The van der Waals surface area contributed by atoms with Crippen molar-refractivity contribution in [2.75, 3.05) is 13.1 Å². The van der Waals surface area contributed by atoms with Crippen LogP contribution < -0.4 is 0 Å². The van der Waals surface area contributed by atoms with Gasteiger partial charge in [0.25, 0.3) is 0 Å². The third-order valence-electron chi connectivity index (χ3n) is 9.30. The molecule has 1 aliphatic heterocycles. The van der Waals surface area contributed by atoms with Crippen LogP contribution in [-0.2, 0) is 12.4 Å². The van der Waals surface area contributed by atoms with Crippen molar-refractivity contribution in [2.24, 2.45) is 9.98 Å². The van der Waals surface area contributed by atoms with Gasteiger partial charge in [-0.15, -0.1) is 0 Å². The number of para-hydroxylation sites is 1. The van der Waals surface area contributed by atoms with Crippen LogP contribution in [0.5, 0.6) is 0 Å². The van der Waals surface area contributed by atoms with Gasteiger partial charge in [0.2, 0.25) is 0 Å². The molecule has 0 saturated carbocycles. The monoisotopic (exact) mass is 740 g/mol. The standard InChI is InChI=1S/C41H43ClF6N4/c1-24(2)33-15-11-16-34(25(3)4)37(33)50-38(29-13-9-8-10-14-29)51-17-12-18-52(28(51)7)39(49-36-27(6)19-26(5)20-35(36)42)30-21-31(40(43,44)45)23-32(22-30)41(46,47)48/h8-11,13-16,19-25,28H,12,17-18H2,1-7H3. The zero-order valence-corrected chi connectivity index (χ0v) is 31.0.